The third-order valence-corrected chi connectivity index (χ3v) is 19.3. The van der Waals surface area contributed by atoms with Gasteiger partial charge in [0.05, 0.1) is 70.6 Å². The van der Waals surface area contributed by atoms with E-state index in [4.69, 9.17) is 42.7 Å². The van der Waals surface area contributed by atoms with Crippen molar-refractivity contribution in [2.45, 2.75) is 198 Å². The molecular formula is C57H92FN5O16S2. The number of alkyl halides is 1. The maximum absolute atomic E-state index is 15.0. The van der Waals surface area contributed by atoms with Gasteiger partial charge in [-0.2, -0.15) is 0 Å². The van der Waals surface area contributed by atoms with Crippen LogP contribution in [0, 0.1) is 23.7 Å². The van der Waals surface area contributed by atoms with Crippen molar-refractivity contribution in [1.82, 2.24) is 19.9 Å². The third kappa shape index (κ3) is 15.4. The molecule has 0 amide bonds. The Morgan fingerprint density at radius 3 is 2.23 bits per heavy atom. The summed E-state index contributed by atoms with van der Waals surface area (Å²) in [6.07, 6.45) is -4.73. The van der Waals surface area contributed by atoms with E-state index < -0.39 is 143 Å². The van der Waals surface area contributed by atoms with Crippen molar-refractivity contribution in [1.29, 1.82) is 0 Å². The Labute approximate surface area is 482 Å². The molecule has 20 atom stereocenters. The number of ether oxygens (including phenoxy) is 8. The number of benzene rings is 1. The summed E-state index contributed by atoms with van der Waals surface area (Å²) < 4.78 is 91.9. The van der Waals surface area contributed by atoms with Crippen molar-refractivity contribution >= 4 is 38.9 Å². The number of aliphatic hydroxyl groups excluding tert-OH is 3. The maximum Gasteiger partial charge on any atom is 0.311 e. The number of nitrogens with zero attached hydrogens (tertiary/aromatic N) is 5. The highest BCUT2D eigenvalue weighted by molar-refractivity contribution is 7.98. The van der Waals surface area contributed by atoms with Gasteiger partial charge >= 0.3 is 5.97 Å². The first-order valence-electron chi connectivity index (χ1n) is 28.2. The number of oxime groups is 1. The van der Waals surface area contributed by atoms with E-state index in [0.29, 0.717) is 36.4 Å². The van der Waals surface area contributed by atoms with Crippen LogP contribution in [0.15, 0.2) is 41.7 Å². The van der Waals surface area contributed by atoms with Crippen LogP contribution in [0.5, 0.6) is 0 Å². The number of hydrogen-bond donors (Lipinski definition) is 4. The van der Waals surface area contributed by atoms with E-state index in [1.807, 2.05) is 58.0 Å². The van der Waals surface area contributed by atoms with Crippen molar-refractivity contribution in [3.05, 3.63) is 53.4 Å². The van der Waals surface area contributed by atoms with Crippen LogP contribution in [0.1, 0.15) is 124 Å². The topological polar surface area (TPSA) is 262 Å². The Balaban J connectivity index is 1.30. The second-order valence-corrected chi connectivity index (χ2v) is 26.4. The number of rotatable bonds is 20. The number of halogens is 1. The number of aromatic nitrogens is 3. The van der Waals surface area contributed by atoms with E-state index in [9.17, 15) is 38.0 Å². The summed E-state index contributed by atoms with van der Waals surface area (Å²) in [4.78, 5) is 22.5. The molecule has 5 heterocycles. The molecule has 1 aromatic carbocycles. The lowest BCUT2D eigenvalue weighted by Gasteiger charge is -2.50. The van der Waals surface area contributed by atoms with E-state index in [-0.39, 0.29) is 36.7 Å². The quantitative estimate of drug-likeness (QED) is 0.0554. The highest BCUT2D eigenvalue weighted by atomic mass is 32.2. The molecule has 2 aromatic rings. The van der Waals surface area contributed by atoms with E-state index in [1.54, 1.807) is 66.1 Å². The minimum Gasteiger partial charge on any atom is -0.459 e. The molecular weight excluding hydrogens is 1090 g/mol. The van der Waals surface area contributed by atoms with Gasteiger partial charge in [-0.25, -0.2) is 17.5 Å². The summed E-state index contributed by atoms with van der Waals surface area (Å²) in [7, 11) is 3.26. The number of carbonyl (C=O) groups is 1. The third-order valence-electron chi connectivity index (χ3n) is 17.5. The fraction of sp³-hybridized carbons (Fsp3) is 0.789. The molecule has 21 nitrogen and oxygen atoms in total. The molecule has 4 aliphatic rings. The summed E-state index contributed by atoms with van der Waals surface area (Å²) in [5.74, 6) is -3.74. The van der Waals surface area contributed by atoms with Crippen molar-refractivity contribution in [2.75, 3.05) is 65.3 Å². The molecule has 81 heavy (non-hydrogen) atoms. The van der Waals surface area contributed by atoms with Crippen LogP contribution < -0.4 is 0 Å². The Bertz CT molecular complexity index is 2530. The Kier molecular flexibility index (Phi) is 23.4. The number of carbonyl (C=O) groups excluding carboxylic acids is 1. The van der Waals surface area contributed by atoms with Gasteiger partial charge in [-0.05, 0) is 90.8 Å². The van der Waals surface area contributed by atoms with E-state index in [1.165, 1.54) is 37.6 Å². The molecule has 1 aromatic heterocycles. The van der Waals surface area contributed by atoms with Crippen LogP contribution in [0.25, 0.3) is 5.57 Å². The van der Waals surface area contributed by atoms with Crippen LogP contribution in [0.4, 0.5) is 4.39 Å². The zero-order valence-electron chi connectivity index (χ0n) is 50.0. The summed E-state index contributed by atoms with van der Waals surface area (Å²) in [5, 5.41) is 61.2. The number of hydrogen-bond acceptors (Lipinski definition) is 21. The van der Waals surface area contributed by atoms with Gasteiger partial charge in [0.2, 0.25) is 0 Å². The molecule has 460 valence electrons. The highest BCUT2D eigenvalue weighted by Gasteiger charge is 2.54. The summed E-state index contributed by atoms with van der Waals surface area (Å²) in [6.45, 7) is 17.2. The molecule has 0 bridgehead atoms. The summed E-state index contributed by atoms with van der Waals surface area (Å²) >= 11 is 1.41. The zero-order chi connectivity index (χ0) is 59.9. The molecule has 0 unspecified atom stereocenters. The standard InChI is InChI=1S/C57H92FN5O16S2/c1-16-44-57(10,68)50(65)34(4)46(60-74-31-80-15)32(2)26-56(9,73-14)52(35(5)48(36(6)53(67)77-44)78-45-27-55(8,72-13)51(66)37(7)76-45)79-54-47(64)42(25-33(3)75-54)62(11)23-21-41-29-63(61-59-41)43(28-58)49(71-12)39-19-17-38(18-20-39)40-22-24-81(69,70)30-40/h17-20,22,29,32-37,42-45,47-52,54,64-66,68H,16,21,23-28,30-31H2,1-15H3/b60-46+/t32-,33-,34+,35+,36-,37+,42+,43-,44-,45+,47-,48+,49-,50-,51+,52-,54+,55-,56-,57-/m1/s1. The molecule has 6 rings (SSSR count). The predicted octanol–water partition coefficient (Wildman–Crippen LogP) is 5.48. The number of likely N-dealkylation sites (N-methyl/N-ethyl adjacent to an activating group) is 1. The van der Waals surface area contributed by atoms with Crippen LogP contribution in [-0.2, 0) is 63.8 Å². The van der Waals surface area contributed by atoms with Crippen molar-refractivity contribution in [3.8, 4) is 0 Å². The van der Waals surface area contributed by atoms with Crippen LogP contribution in [-0.4, -0.2) is 210 Å². The second kappa shape index (κ2) is 28.3. The van der Waals surface area contributed by atoms with Gasteiger partial charge in [-0.3, -0.25) is 4.79 Å². The van der Waals surface area contributed by atoms with Gasteiger partial charge < -0.3 is 68.1 Å². The number of esters is 1. The van der Waals surface area contributed by atoms with Gasteiger partial charge in [-0.15, -0.1) is 16.9 Å². The Hall–Kier alpha value is -3.21. The molecule has 4 N–H and O–H groups in total. The lowest BCUT2D eigenvalue weighted by Crippen LogP contribution is -2.61. The van der Waals surface area contributed by atoms with Gasteiger partial charge in [0.25, 0.3) is 0 Å². The molecule has 3 fully saturated rings. The first-order chi connectivity index (χ1) is 38.1. The van der Waals surface area contributed by atoms with Gasteiger partial charge in [-0.1, -0.05) is 68.4 Å². The first kappa shape index (κ1) is 66.9. The predicted molar refractivity (Wildman–Crippen MR) is 303 cm³/mol. The number of sulfone groups is 1. The molecule has 0 radical (unpaired) electrons. The van der Waals surface area contributed by atoms with E-state index in [2.05, 4.69) is 15.5 Å². The van der Waals surface area contributed by atoms with Crippen molar-refractivity contribution in [2.24, 2.45) is 28.8 Å². The number of aliphatic hydroxyl groups is 4. The van der Waals surface area contributed by atoms with E-state index >= 15 is 0 Å². The SMILES string of the molecule is CC[C@H]1OC(=O)[C@H](C)[C@@H](O[C@H]2C[C@@](C)(OC)[C@@H](O)[C@H](C)O2)[C@H](C)[C@@H](O[C@@H]2O[C@H](C)C[C@H](N(C)CCc3cn([C@H](CF)[C@H](OC)c4ccc(C5=CCS(=O)(=O)C5)cc4)nn3)[C@H]2O)[C@](C)(OC)C[C@@H](C)/C(=N\OCSC)[C@H](C)[C@@H](O)[C@]1(C)O. The Morgan fingerprint density at radius 1 is 0.963 bits per heavy atom. The molecule has 24 heteroatoms. The van der Waals surface area contributed by atoms with Crippen LogP contribution in [0.3, 0.4) is 0 Å². The minimum absolute atomic E-state index is 0.00371. The molecule has 4 aliphatic heterocycles. The molecule has 0 saturated carbocycles. The fourth-order valence-corrected chi connectivity index (χ4v) is 13.9. The monoisotopic (exact) mass is 1190 g/mol. The van der Waals surface area contributed by atoms with Crippen molar-refractivity contribution < 1.29 is 80.8 Å². The second-order valence-electron chi connectivity index (χ2n) is 23.5. The van der Waals surface area contributed by atoms with Crippen LogP contribution >= 0.6 is 11.8 Å². The van der Waals surface area contributed by atoms with Gasteiger partial charge in [0.1, 0.15) is 42.7 Å². The summed E-state index contributed by atoms with van der Waals surface area (Å²) in [5.41, 5.74) is -1.16. The van der Waals surface area contributed by atoms with Crippen molar-refractivity contribution in [3.63, 3.8) is 0 Å². The minimum atomic E-state index is -3.16. The molecule has 3 saturated heterocycles. The summed E-state index contributed by atoms with van der Waals surface area (Å²) in [6, 6.07) is 5.86. The van der Waals surface area contributed by atoms with Gasteiger partial charge in [0.15, 0.2) is 28.4 Å². The lowest BCUT2D eigenvalue weighted by atomic mass is 9.73. The van der Waals surface area contributed by atoms with Gasteiger partial charge in [0, 0.05) is 70.7 Å². The lowest BCUT2D eigenvalue weighted by molar-refractivity contribution is -0.319. The molecule has 0 aliphatic carbocycles. The number of thioether (sulfide) groups is 1. The highest BCUT2D eigenvalue weighted by Crippen LogP contribution is 2.43. The average Bonchev–Trinajstić information content (AvgIpc) is 4.27. The smallest absolute Gasteiger partial charge is 0.311 e. The van der Waals surface area contributed by atoms with E-state index in [0.717, 1.165) is 11.1 Å². The van der Waals surface area contributed by atoms with Crippen LogP contribution in [0.2, 0.25) is 0 Å². The number of methoxy groups -OCH3 is 3. The first-order valence-corrected chi connectivity index (χ1v) is 31.4. The molecule has 0 spiro atoms. The Morgan fingerprint density at radius 2 is 1.64 bits per heavy atom. The zero-order valence-corrected chi connectivity index (χ0v) is 51.6. The largest absolute Gasteiger partial charge is 0.459 e. The average molecular weight is 1190 g/mol. The number of cyclic esters (lactones) is 1. The maximum atomic E-state index is 15.0. The normalized spacial score (nSPS) is 38.5. The fourth-order valence-electron chi connectivity index (χ4n) is 12.4.